The predicted molar refractivity (Wildman–Crippen MR) is 89.0 cm³/mol. The van der Waals surface area contributed by atoms with Crippen LogP contribution in [0.3, 0.4) is 0 Å². The van der Waals surface area contributed by atoms with Crippen molar-refractivity contribution in [3.8, 4) is 0 Å². The smallest absolute Gasteiger partial charge is 0.242 e. The summed E-state index contributed by atoms with van der Waals surface area (Å²) in [4.78, 5) is 1.08. The Kier molecular flexibility index (Phi) is 5.75. The summed E-state index contributed by atoms with van der Waals surface area (Å²) >= 11 is 1.45. The van der Waals surface area contributed by atoms with E-state index < -0.39 is 10.0 Å². The quantitative estimate of drug-likeness (QED) is 0.732. The second kappa shape index (κ2) is 7.35. The monoisotopic (exact) mass is 326 g/mol. The highest BCUT2D eigenvalue weighted by molar-refractivity contribution is 7.90. The van der Waals surface area contributed by atoms with E-state index in [4.69, 9.17) is 5.73 Å². The normalized spacial score (nSPS) is 12.1. The molecule has 0 aliphatic rings. The Bertz CT molecular complexity index is 693. The lowest BCUT2D eigenvalue weighted by Crippen LogP contribution is -2.25. The maximum absolute atomic E-state index is 12.6. The zero-order chi connectivity index (χ0) is 15.3. The molecule has 0 fully saturated rings. The second-order valence-electron chi connectivity index (χ2n) is 5.01. The van der Waals surface area contributed by atoms with Gasteiger partial charge in [0.2, 0.25) is 10.0 Å². The molecule has 0 aliphatic heterocycles. The molecular formula is C15H22N2O2S2. The van der Waals surface area contributed by atoms with Crippen LogP contribution in [0.1, 0.15) is 37.5 Å². The van der Waals surface area contributed by atoms with Gasteiger partial charge < -0.3 is 5.73 Å². The first-order valence-electron chi connectivity index (χ1n) is 7.30. The van der Waals surface area contributed by atoms with Crippen LogP contribution in [-0.2, 0) is 16.6 Å². The Hall–Kier alpha value is -0.950. The van der Waals surface area contributed by atoms with Crippen molar-refractivity contribution < 1.29 is 8.42 Å². The molecule has 0 saturated heterocycles. The second-order valence-corrected chi connectivity index (χ2v) is 7.85. The van der Waals surface area contributed by atoms with E-state index in [9.17, 15) is 8.42 Å². The summed E-state index contributed by atoms with van der Waals surface area (Å²) in [5.41, 5.74) is 5.72. The van der Waals surface area contributed by atoms with E-state index in [2.05, 4.69) is 11.6 Å². The Morgan fingerprint density at radius 3 is 2.67 bits per heavy atom. The van der Waals surface area contributed by atoms with Crippen LogP contribution in [0.2, 0.25) is 0 Å². The first kappa shape index (κ1) is 16.4. The maximum atomic E-state index is 12.6. The molecule has 0 radical (unpaired) electrons. The molecule has 0 unspecified atom stereocenters. The highest BCUT2D eigenvalue weighted by Crippen LogP contribution is 2.34. The fourth-order valence-electron chi connectivity index (χ4n) is 2.33. The Labute approximate surface area is 130 Å². The third kappa shape index (κ3) is 3.83. The topological polar surface area (TPSA) is 72.2 Å². The molecule has 0 aliphatic carbocycles. The summed E-state index contributed by atoms with van der Waals surface area (Å²) in [5, 5.41) is 0.768. The summed E-state index contributed by atoms with van der Waals surface area (Å²) in [6.45, 7) is 2.86. The molecule has 0 saturated carbocycles. The molecule has 0 spiro atoms. The average Bonchev–Trinajstić information content (AvgIpc) is 2.86. The lowest BCUT2D eigenvalue weighted by atomic mass is 10.2. The van der Waals surface area contributed by atoms with Gasteiger partial charge in [0.25, 0.3) is 0 Å². The van der Waals surface area contributed by atoms with E-state index in [0.717, 1.165) is 40.6 Å². The Morgan fingerprint density at radius 2 is 1.95 bits per heavy atom. The third-order valence-electron chi connectivity index (χ3n) is 3.39. The van der Waals surface area contributed by atoms with Gasteiger partial charge >= 0.3 is 0 Å². The van der Waals surface area contributed by atoms with Gasteiger partial charge in [0.1, 0.15) is 4.90 Å². The zero-order valence-corrected chi connectivity index (χ0v) is 13.9. The van der Waals surface area contributed by atoms with Crippen molar-refractivity contribution in [2.45, 2.75) is 44.0 Å². The van der Waals surface area contributed by atoms with Gasteiger partial charge in [0, 0.05) is 28.1 Å². The van der Waals surface area contributed by atoms with Crippen LogP contribution in [0.4, 0.5) is 0 Å². The maximum Gasteiger partial charge on any atom is 0.242 e. The minimum Gasteiger partial charge on any atom is -0.326 e. The lowest BCUT2D eigenvalue weighted by molar-refractivity contribution is 0.574. The van der Waals surface area contributed by atoms with Gasteiger partial charge in [0.05, 0.1) is 0 Å². The van der Waals surface area contributed by atoms with Crippen LogP contribution in [0.15, 0.2) is 29.2 Å². The summed E-state index contributed by atoms with van der Waals surface area (Å²) in [6.07, 6.45) is 4.19. The largest absolute Gasteiger partial charge is 0.326 e. The van der Waals surface area contributed by atoms with Gasteiger partial charge in [-0.3, -0.25) is 0 Å². The lowest BCUT2D eigenvalue weighted by Gasteiger charge is -2.07. The van der Waals surface area contributed by atoms with E-state index in [1.807, 2.05) is 24.3 Å². The van der Waals surface area contributed by atoms with Crippen LogP contribution < -0.4 is 10.5 Å². The number of nitrogens with one attached hydrogen (secondary N) is 1. The van der Waals surface area contributed by atoms with Crippen molar-refractivity contribution in [2.75, 3.05) is 6.54 Å². The Balaban J connectivity index is 2.23. The fraction of sp³-hybridized carbons (Fsp3) is 0.467. The number of sulfonamides is 1. The molecule has 0 bridgehead atoms. The van der Waals surface area contributed by atoms with Crippen molar-refractivity contribution in [1.29, 1.82) is 0 Å². The Morgan fingerprint density at radius 1 is 1.19 bits per heavy atom. The first-order chi connectivity index (χ1) is 10.1. The number of nitrogens with two attached hydrogens (primary N) is 1. The van der Waals surface area contributed by atoms with Crippen molar-refractivity contribution in [3.05, 3.63) is 29.1 Å². The first-order valence-corrected chi connectivity index (χ1v) is 9.60. The number of benzene rings is 1. The van der Waals surface area contributed by atoms with E-state index in [1.165, 1.54) is 11.3 Å². The number of hydrogen-bond acceptors (Lipinski definition) is 4. The summed E-state index contributed by atoms with van der Waals surface area (Å²) < 4.78 is 28.8. The van der Waals surface area contributed by atoms with Gasteiger partial charge in [-0.15, -0.1) is 11.3 Å². The van der Waals surface area contributed by atoms with E-state index in [-0.39, 0.29) is 6.54 Å². The molecule has 2 rings (SSSR count). The molecule has 1 aromatic carbocycles. The van der Waals surface area contributed by atoms with Gasteiger partial charge in [0.15, 0.2) is 0 Å². The van der Waals surface area contributed by atoms with Crippen LogP contribution in [0.25, 0.3) is 10.1 Å². The number of rotatable bonds is 8. The molecule has 2 aromatic rings. The summed E-state index contributed by atoms with van der Waals surface area (Å²) in [7, 11) is -3.49. The van der Waals surface area contributed by atoms with Crippen molar-refractivity contribution in [3.63, 3.8) is 0 Å². The van der Waals surface area contributed by atoms with Crippen LogP contribution >= 0.6 is 11.3 Å². The highest BCUT2D eigenvalue weighted by atomic mass is 32.2. The standard InChI is InChI=1S/C15H22N2O2S2/c1-2-3-4-7-10-17-21(18,19)15-12-8-5-6-9-13(12)20-14(15)11-16/h5-6,8-9,17H,2-4,7,10-11,16H2,1H3. The predicted octanol–water partition coefficient (Wildman–Crippen LogP) is 3.22. The number of hydrogen-bond donors (Lipinski definition) is 2. The molecule has 116 valence electrons. The van der Waals surface area contributed by atoms with Crippen molar-refractivity contribution in [1.82, 2.24) is 4.72 Å². The number of fused-ring (bicyclic) bond motifs is 1. The summed E-state index contributed by atoms with van der Waals surface area (Å²) in [5.74, 6) is 0. The van der Waals surface area contributed by atoms with E-state index >= 15 is 0 Å². The van der Waals surface area contributed by atoms with Crippen LogP contribution in [0.5, 0.6) is 0 Å². The van der Waals surface area contributed by atoms with Gasteiger partial charge in [-0.2, -0.15) is 0 Å². The minimum absolute atomic E-state index is 0.241. The zero-order valence-electron chi connectivity index (χ0n) is 12.3. The minimum atomic E-state index is -3.49. The van der Waals surface area contributed by atoms with Crippen LogP contribution in [0, 0.1) is 0 Å². The molecular weight excluding hydrogens is 304 g/mol. The molecule has 3 N–H and O–H groups in total. The average molecular weight is 326 g/mol. The van der Waals surface area contributed by atoms with Crippen LogP contribution in [-0.4, -0.2) is 15.0 Å². The van der Waals surface area contributed by atoms with Gasteiger partial charge in [-0.05, 0) is 12.5 Å². The van der Waals surface area contributed by atoms with Gasteiger partial charge in [-0.25, -0.2) is 13.1 Å². The highest BCUT2D eigenvalue weighted by Gasteiger charge is 2.23. The number of thiophene rings is 1. The molecule has 6 heteroatoms. The molecule has 0 amide bonds. The number of unbranched alkanes of at least 4 members (excludes halogenated alkanes) is 3. The van der Waals surface area contributed by atoms with Gasteiger partial charge in [-0.1, -0.05) is 44.4 Å². The third-order valence-corrected chi connectivity index (χ3v) is 6.30. The van der Waals surface area contributed by atoms with E-state index in [1.54, 1.807) is 0 Å². The van der Waals surface area contributed by atoms with Crippen molar-refractivity contribution >= 4 is 31.4 Å². The molecule has 0 atom stereocenters. The SMILES string of the molecule is CCCCCCNS(=O)(=O)c1c(CN)sc2ccccc12. The molecule has 1 aromatic heterocycles. The molecule has 4 nitrogen and oxygen atoms in total. The fourth-order valence-corrected chi connectivity index (χ4v) is 5.24. The molecule has 21 heavy (non-hydrogen) atoms. The summed E-state index contributed by atoms with van der Waals surface area (Å²) in [6, 6.07) is 7.54. The van der Waals surface area contributed by atoms with Crippen molar-refractivity contribution in [2.24, 2.45) is 5.73 Å². The van der Waals surface area contributed by atoms with E-state index in [0.29, 0.717) is 11.4 Å². The molecule has 1 heterocycles.